The zero-order valence-corrected chi connectivity index (χ0v) is 11.8. The maximum atomic E-state index is 13.2. The van der Waals surface area contributed by atoms with Crippen LogP contribution in [0.4, 0.5) is 4.39 Å². The van der Waals surface area contributed by atoms with Crippen LogP contribution >= 0.6 is 0 Å². The van der Waals surface area contributed by atoms with Crippen molar-refractivity contribution in [2.24, 2.45) is 0 Å². The van der Waals surface area contributed by atoms with Gasteiger partial charge in [-0.25, -0.2) is 4.39 Å². The van der Waals surface area contributed by atoms with Gasteiger partial charge in [-0.3, -0.25) is 0 Å². The molecule has 0 saturated heterocycles. The molecule has 2 heteroatoms. The Morgan fingerprint density at radius 3 is 2.90 bits per heavy atom. The number of nitrogens with one attached hydrogen (secondary N) is 1. The molecule has 0 bridgehead atoms. The van der Waals surface area contributed by atoms with Crippen molar-refractivity contribution in [3.05, 3.63) is 70.5 Å². The predicted octanol–water partition coefficient (Wildman–Crippen LogP) is 3.95. The number of fused-ring (bicyclic) bond motifs is 1. The summed E-state index contributed by atoms with van der Waals surface area (Å²) in [7, 11) is 0. The quantitative estimate of drug-likeness (QED) is 0.886. The van der Waals surface area contributed by atoms with Gasteiger partial charge in [-0.2, -0.15) is 0 Å². The number of benzene rings is 2. The van der Waals surface area contributed by atoms with Crippen molar-refractivity contribution in [2.45, 2.75) is 32.2 Å². The monoisotopic (exact) mass is 269 g/mol. The number of aryl methyl sites for hydroxylation is 2. The van der Waals surface area contributed by atoms with Crippen LogP contribution in [0.1, 0.15) is 34.7 Å². The van der Waals surface area contributed by atoms with Crippen LogP contribution < -0.4 is 5.32 Å². The summed E-state index contributed by atoms with van der Waals surface area (Å²) in [6.45, 7) is 3.12. The third-order valence-corrected chi connectivity index (χ3v) is 4.23. The fourth-order valence-corrected chi connectivity index (χ4v) is 3.07. The summed E-state index contributed by atoms with van der Waals surface area (Å²) in [6.07, 6.45) is 3.10. The molecule has 1 unspecified atom stereocenters. The first kappa shape index (κ1) is 13.3. The third kappa shape index (κ3) is 2.75. The van der Waals surface area contributed by atoms with E-state index in [1.54, 1.807) is 12.1 Å². The summed E-state index contributed by atoms with van der Waals surface area (Å²) in [5.41, 5.74) is 5.19. The molecule has 1 nitrogen and oxygen atoms in total. The van der Waals surface area contributed by atoms with E-state index in [9.17, 15) is 4.39 Å². The van der Waals surface area contributed by atoms with Gasteiger partial charge in [0.1, 0.15) is 5.82 Å². The molecule has 0 spiro atoms. The second-order valence-electron chi connectivity index (χ2n) is 5.57. The topological polar surface area (TPSA) is 12.0 Å². The summed E-state index contributed by atoms with van der Waals surface area (Å²) in [6, 6.07) is 14.1. The minimum absolute atomic E-state index is 0.121. The molecule has 1 atom stereocenters. The highest BCUT2D eigenvalue weighted by molar-refractivity contribution is 5.35. The van der Waals surface area contributed by atoms with E-state index in [2.05, 4.69) is 36.5 Å². The van der Waals surface area contributed by atoms with Gasteiger partial charge in [-0.15, -0.1) is 0 Å². The van der Waals surface area contributed by atoms with Crippen molar-refractivity contribution in [1.82, 2.24) is 5.32 Å². The van der Waals surface area contributed by atoms with Gasteiger partial charge >= 0.3 is 0 Å². The Balaban J connectivity index is 1.60. The van der Waals surface area contributed by atoms with Gasteiger partial charge in [-0.1, -0.05) is 30.3 Å². The minimum Gasteiger partial charge on any atom is -0.310 e. The minimum atomic E-state index is -0.121. The largest absolute Gasteiger partial charge is 0.310 e. The normalized spacial score (nSPS) is 17.2. The molecule has 0 radical (unpaired) electrons. The molecule has 0 aromatic heterocycles. The molecule has 0 heterocycles. The van der Waals surface area contributed by atoms with Crippen LogP contribution in [0.2, 0.25) is 0 Å². The molecule has 0 saturated carbocycles. The molecule has 1 aliphatic carbocycles. The Hall–Kier alpha value is -1.67. The lowest BCUT2D eigenvalue weighted by atomic mass is 10.0. The second kappa shape index (κ2) is 5.76. The van der Waals surface area contributed by atoms with E-state index >= 15 is 0 Å². The average molecular weight is 269 g/mol. The molecule has 0 amide bonds. The molecular formula is C18H20FN. The lowest BCUT2D eigenvalue weighted by Crippen LogP contribution is -2.22. The van der Waals surface area contributed by atoms with Crippen LogP contribution in [-0.4, -0.2) is 6.54 Å². The summed E-state index contributed by atoms with van der Waals surface area (Å²) < 4.78 is 13.2. The number of halogens is 1. The lowest BCUT2D eigenvalue weighted by Gasteiger charge is -2.14. The molecule has 3 rings (SSSR count). The fraction of sp³-hybridized carbons (Fsp3) is 0.333. The van der Waals surface area contributed by atoms with E-state index in [0.717, 1.165) is 25.8 Å². The Labute approximate surface area is 119 Å². The second-order valence-corrected chi connectivity index (χ2v) is 5.57. The van der Waals surface area contributed by atoms with E-state index in [-0.39, 0.29) is 5.82 Å². The van der Waals surface area contributed by atoms with E-state index < -0.39 is 0 Å². The fourth-order valence-electron chi connectivity index (χ4n) is 3.07. The number of rotatable bonds is 4. The van der Waals surface area contributed by atoms with Crippen molar-refractivity contribution in [2.75, 3.05) is 6.54 Å². The molecule has 2 aromatic carbocycles. The van der Waals surface area contributed by atoms with Crippen molar-refractivity contribution >= 4 is 0 Å². The van der Waals surface area contributed by atoms with Gasteiger partial charge in [-0.05, 0) is 67.1 Å². The molecular weight excluding hydrogens is 249 g/mol. The summed E-state index contributed by atoms with van der Waals surface area (Å²) in [5, 5.41) is 3.61. The van der Waals surface area contributed by atoms with E-state index in [4.69, 9.17) is 0 Å². The molecule has 0 aliphatic heterocycles. The highest BCUT2D eigenvalue weighted by Gasteiger charge is 2.21. The Kier molecular flexibility index (Phi) is 3.83. The van der Waals surface area contributed by atoms with Crippen LogP contribution in [0.25, 0.3) is 0 Å². The van der Waals surface area contributed by atoms with Crippen molar-refractivity contribution in [3.63, 3.8) is 0 Å². The Bertz CT molecular complexity index is 606. The molecule has 1 N–H and O–H groups in total. The van der Waals surface area contributed by atoms with E-state index in [1.807, 2.05) is 6.07 Å². The molecule has 104 valence electrons. The van der Waals surface area contributed by atoms with Crippen molar-refractivity contribution in [1.29, 1.82) is 0 Å². The lowest BCUT2D eigenvalue weighted by molar-refractivity contribution is 0.533. The first-order valence-corrected chi connectivity index (χ1v) is 7.30. The van der Waals surface area contributed by atoms with Gasteiger partial charge in [0.2, 0.25) is 0 Å². The van der Waals surface area contributed by atoms with Crippen LogP contribution in [-0.2, 0) is 12.8 Å². The van der Waals surface area contributed by atoms with Crippen molar-refractivity contribution in [3.8, 4) is 0 Å². The average Bonchev–Trinajstić information content (AvgIpc) is 2.83. The zero-order valence-electron chi connectivity index (χ0n) is 11.8. The molecule has 20 heavy (non-hydrogen) atoms. The Morgan fingerprint density at radius 1 is 1.20 bits per heavy atom. The van der Waals surface area contributed by atoms with Crippen LogP contribution in [0.3, 0.4) is 0 Å². The molecule has 1 aliphatic rings. The first-order chi connectivity index (χ1) is 9.74. The van der Waals surface area contributed by atoms with E-state index in [0.29, 0.717) is 6.04 Å². The van der Waals surface area contributed by atoms with Gasteiger partial charge in [0.05, 0.1) is 0 Å². The summed E-state index contributed by atoms with van der Waals surface area (Å²) in [4.78, 5) is 0. The first-order valence-electron chi connectivity index (χ1n) is 7.30. The van der Waals surface area contributed by atoms with Crippen LogP contribution in [0.5, 0.6) is 0 Å². The third-order valence-electron chi connectivity index (χ3n) is 4.23. The van der Waals surface area contributed by atoms with Gasteiger partial charge < -0.3 is 5.32 Å². The predicted molar refractivity (Wildman–Crippen MR) is 80.3 cm³/mol. The maximum absolute atomic E-state index is 13.2. The molecule has 0 fully saturated rings. The SMILES string of the molecule is Cc1ccccc1CCNC1CCc2cc(F)ccc21. The summed E-state index contributed by atoms with van der Waals surface area (Å²) >= 11 is 0. The van der Waals surface area contributed by atoms with Gasteiger partial charge in [0, 0.05) is 6.04 Å². The van der Waals surface area contributed by atoms with Gasteiger partial charge in [0.25, 0.3) is 0 Å². The number of hydrogen-bond donors (Lipinski definition) is 1. The van der Waals surface area contributed by atoms with Gasteiger partial charge in [0.15, 0.2) is 0 Å². The van der Waals surface area contributed by atoms with Crippen molar-refractivity contribution < 1.29 is 4.39 Å². The standard InChI is InChI=1S/C18H20FN/c1-13-4-2-3-5-14(13)10-11-20-18-9-6-15-12-16(19)7-8-17(15)18/h2-5,7-8,12,18,20H,6,9-11H2,1H3. The van der Waals surface area contributed by atoms with Crippen LogP contribution in [0.15, 0.2) is 42.5 Å². The zero-order chi connectivity index (χ0) is 13.9. The summed E-state index contributed by atoms with van der Waals surface area (Å²) in [5.74, 6) is -0.121. The Morgan fingerprint density at radius 2 is 2.05 bits per heavy atom. The maximum Gasteiger partial charge on any atom is 0.123 e. The molecule has 2 aromatic rings. The van der Waals surface area contributed by atoms with E-state index in [1.165, 1.54) is 22.3 Å². The highest BCUT2D eigenvalue weighted by Crippen LogP contribution is 2.31. The highest BCUT2D eigenvalue weighted by atomic mass is 19.1. The number of hydrogen-bond acceptors (Lipinski definition) is 1. The smallest absolute Gasteiger partial charge is 0.123 e. The van der Waals surface area contributed by atoms with Crippen LogP contribution in [0, 0.1) is 12.7 Å².